The molecule has 0 spiro atoms. The second kappa shape index (κ2) is 9.91. The second-order valence-corrected chi connectivity index (χ2v) is 10.7. The van der Waals surface area contributed by atoms with Gasteiger partial charge in [0.2, 0.25) is 16.8 Å². The van der Waals surface area contributed by atoms with E-state index in [0.29, 0.717) is 17.1 Å². The largest absolute Gasteiger partial charge is 0.454 e. The quantitative estimate of drug-likeness (QED) is 0.475. The molecule has 9 nitrogen and oxygen atoms in total. The Morgan fingerprint density at radius 2 is 1.82 bits per heavy atom. The van der Waals surface area contributed by atoms with Gasteiger partial charge in [0.05, 0.1) is 4.90 Å². The minimum atomic E-state index is -3.75. The minimum Gasteiger partial charge on any atom is -0.454 e. The Morgan fingerprint density at radius 1 is 1.00 bits per heavy atom. The van der Waals surface area contributed by atoms with Crippen LogP contribution in [0.4, 0.5) is 0 Å². The summed E-state index contributed by atoms with van der Waals surface area (Å²) in [6.45, 7) is 1.24. The van der Waals surface area contributed by atoms with Gasteiger partial charge in [-0.3, -0.25) is 15.6 Å². The summed E-state index contributed by atoms with van der Waals surface area (Å²) in [6, 6.07) is 10.3. The molecule has 0 radical (unpaired) electrons. The smallest absolute Gasteiger partial charge is 0.251 e. The van der Waals surface area contributed by atoms with E-state index in [0.717, 1.165) is 56.2 Å². The van der Waals surface area contributed by atoms with Crippen LogP contribution >= 0.6 is 0 Å². The lowest BCUT2D eigenvalue weighted by molar-refractivity contribution is 0.0950. The zero-order valence-electron chi connectivity index (χ0n) is 18.9. The van der Waals surface area contributed by atoms with Crippen LogP contribution in [0.25, 0.3) is 0 Å². The highest BCUT2D eigenvalue weighted by Crippen LogP contribution is 2.32. The van der Waals surface area contributed by atoms with Gasteiger partial charge in [0.1, 0.15) is 0 Å². The number of hydrazine groups is 1. The van der Waals surface area contributed by atoms with E-state index < -0.39 is 10.0 Å². The number of carbonyl (C=O) groups is 1. The van der Waals surface area contributed by atoms with E-state index in [9.17, 15) is 13.2 Å². The normalized spacial score (nSPS) is 20.4. The molecule has 1 amide bonds. The van der Waals surface area contributed by atoms with Crippen molar-refractivity contribution in [3.63, 3.8) is 0 Å². The van der Waals surface area contributed by atoms with Crippen LogP contribution in [0.1, 0.15) is 66.1 Å². The van der Waals surface area contributed by atoms with Crippen LogP contribution in [0.15, 0.2) is 41.3 Å². The lowest BCUT2D eigenvalue weighted by Gasteiger charge is -2.23. The van der Waals surface area contributed by atoms with Gasteiger partial charge in [0.15, 0.2) is 11.5 Å². The number of carbonyl (C=O) groups excluding carboxylic acids is 1. The van der Waals surface area contributed by atoms with Crippen LogP contribution in [0.2, 0.25) is 0 Å². The maximum atomic E-state index is 13.2. The van der Waals surface area contributed by atoms with E-state index in [2.05, 4.69) is 20.9 Å². The first kappa shape index (κ1) is 23.1. The van der Waals surface area contributed by atoms with Crippen LogP contribution in [0.3, 0.4) is 0 Å². The van der Waals surface area contributed by atoms with E-state index in [1.165, 1.54) is 6.07 Å². The second-order valence-electron chi connectivity index (χ2n) is 9.03. The maximum Gasteiger partial charge on any atom is 0.251 e. The summed E-state index contributed by atoms with van der Waals surface area (Å²) in [5, 5.41) is 2.90. The van der Waals surface area contributed by atoms with Crippen molar-refractivity contribution in [3.8, 4) is 11.5 Å². The molecule has 4 N–H and O–H groups in total. The van der Waals surface area contributed by atoms with Gasteiger partial charge in [0, 0.05) is 30.7 Å². The lowest BCUT2D eigenvalue weighted by atomic mass is 9.96. The molecule has 1 unspecified atom stereocenters. The van der Waals surface area contributed by atoms with Crippen LogP contribution in [0, 0.1) is 0 Å². The summed E-state index contributed by atoms with van der Waals surface area (Å²) in [5.74, 6) is 0.996. The SMILES string of the molecule is O=C(NCc1ccc2c(c1)OCO2)c1cc(C2CCNN2)cc(S(=O)(=O)NC2CCCCC2)c1. The molecule has 3 aliphatic rings. The van der Waals surface area contributed by atoms with Gasteiger partial charge in [-0.2, -0.15) is 0 Å². The Morgan fingerprint density at radius 3 is 2.62 bits per heavy atom. The van der Waals surface area contributed by atoms with Gasteiger partial charge in [-0.1, -0.05) is 25.3 Å². The molecular weight excluding hydrogens is 456 g/mol. The zero-order valence-corrected chi connectivity index (χ0v) is 19.7. The Kier molecular flexibility index (Phi) is 6.73. The van der Waals surface area contributed by atoms with E-state index in [1.807, 2.05) is 18.2 Å². The first-order chi connectivity index (χ1) is 16.5. The lowest BCUT2D eigenvalue weighted by Crippen LogP contribution is -2.36. The standard InChI is InChI=1S/C24H30N4O5S/c29-24(25-14-16-6-7-22-23(10-16)33-15-32-22)18-11-17(21-8-9-26-27-21)12-20(13-18)34(30,31)28-19-4-2-1-3-5-19/h6-7,10-13,19,21,26-28H,1-5,8-9,14-15H2,(H,25,29). The average molecular weight is 487 g/mol. The molecule has 0 aromatic heterocycles. The van der Waals surface area contributed by atoms with E-state index in [-0.39, 0.29) is 36.2 Å². The molecule has 0 bridgehead atoms. The van der Waals surface area contributed by atoms with Gasteiger partial charge in [-0.05, 0) is 60.7 Å². The molecule has 5 rings (SSSR count). The van der Waals surface area contributed by atoms with Crippen molar-refractivity contribution in [1.29, 1.82) is 0 Å². The minimum absolute atomic E-state index is 0.0584. The highest BCUT2D eigenvalue weighted by atomic mass is 32.2. The first-order valence-corrected chi connectivity index (χ1v) is 13.3. The van der Waals surface area contributed by atoms with Crippen LogP contribution in [0.5, 0.6) is 11.5 Å². The Bertz CT molecular complexity index is 1160. The van der Waals surface area contributed by atoms with E-state index in [1.54, 1.807) is 12.1 Å². The molecule has 1 atom stereocenters. The summed E-state index contributed by atoms with van der Waals surface area (Å²) < 4.78 is 40.0. The van der Waals surface area contributed by atoms with Crippen molar-refractivity contribution in [3.05, 3.63) is 53.1 Å². The molecule has 2 heterocycles. The fraction of sp³-hybridized carbons (Fsp3) is 0.458. The maximum absolute atomic E-state index is 13.2. The molecule has 2 aliphatic heterocycles. The van der Waals surface area contributed by atoms with Crippen molar-refractivity contribution in [2.75, 3.05) is 13.3 Å². The summed E-state index contributed by atoms with van der Waals surface area (Å²) in [6.07, 6.45) is 5.68. The van der Waals surface area contributed by atoms with Crippen molar-refractivity contribution in [2.24, 2.45) is 0 Å². The number of sulfonamides is 1. The van der Waals surface area contributed by atoms with Gasteiger partial charge < -0.3 is 14.8 Å². The Balaban J connectivity index is 1.36. The molecule has 2 aromatic carbocycles. The summed E-state index contributed by atoms with van der Waals surface area (Å²) in [5.41, 5.74) is 8.18. The number of benzene rings is 2. The third-order valence-corrected chi connectivity index (χ3v) is 8.05. The van der Waals surface area contributed by atoms with Crippen LogP contribution in [-0.4, -0.2) is 33.7 Å². The van der Waals surface area contributed by atoms with E-state index >= 15 is 0 Å². The Hall–Kier alpha value is -2.66. The molecule has 182 valence electrons. The number of hydrogen-bond acceptors (Lipinski definition) is 7. The third-order valence-electron chi connectivity index (χ3n) is 6.56. The fourth-order valence-corrected chi connectivity index (χ4v) is 6.07. The van der Waals surface area contributed by atoms with Gasteiger partial charge in [0.25, 0.3) is 5.91 Å². The van der Waals surface area contributed by atoms with Crippen molar-refractivity contribution in [2.45, 2.75) is 62.0 Å². The zero-order chi connectivity index (χ0) is 23.5. The monoisotopic (exact) mass is 486 g/mol. The number of rotatable bonds is 7. The average Bonchev–Trinajstić information content (AvgIpc) is 3.54. The Labute approximate surface area is 199 Å². The highest BCUT2D eigenvalue weighted by Gasteiger charge is 2.26. The third kappa shape index (κ3) is 5.20. The van der Waals surface area contributed by atoms with Gasteiger partial charge in [-0.25, -0.2) is 13.1 Å². The number of fused-ring (bicyclic) bond motifs is 1. The van der Waals surface area contributed by atoms with Gasteiger partial charge >= 0.3 is 0 Å². The van der Waals surface area contributed by atoms with Crippen LogP contribution < -0.4 is 30.4 Å². The molecule has 1 aliphatic carbocycles. The topological polar surface area (TPSA) is 118 Å². The van der Waals surface area contributed by atoms with Crippen molar-refractivity contribution < 1.29 is 22.7 Å². The molecule has 2 fully saturated rings. The number of nitrogens with one attached hydrogen (secondary N) is 4. The predicted molar refractivity (Wildman–Crippen MR) is 126 cm³/mol. The van der Waals surface area contributed by atoms with E-state index in [4.69, 9.17) is 9.47 Å². The summed E-state index contributed by atoms with van der Waals surface area (Å²) in [4.78, 5) is 13.2. The first-order valence-electron chi connectivity index (χ1n) is 11.8. The molecule has 1 saturated heterocycles. The summed E-state index contributed by atoms with van der Waals surface area (Å²) >= 11 is 0. The molecule has 34 heavy (non-hydrogen) atoms. The summed E-state index contributed by atoms with van der Waals surface area (Å²) in [7, 11) is -3.75. The molecule has 10 heteroatoms. The fourth-order valence-electron chi connectivity index (χ4n) is 4.69. The van der Waals surface area contributed by atoms with Crippen molar-refractivity contribution >= 4 is 15.9 Å². The number of ether oxygens (including phenoxy) is 2. The molecule has 1 saturated carbocycles. The predicted octanol–water partition coefficient (Wildman–Crippen LogP) is 2.50. The number of hydrogen-bond donors (Lipinski definition) is 4. The van der Waals surface area contributed by atoms with Crippen molar-refractivity contribution in [1.82, 2.24) is 20.9 Å². The number of amides is 1. The van der Waals surface area contributed by atoms with Gasteiger partial charge in [-0.15, -0.1) is 0 Å². The molecule has 2 aromatic rings. The molecular formula is C24H30N4O5S. The van der Waals surface area contributed by atoms with Crippen LogP contribution in [-0.2, 0) is 16.6 Å². The highest BCUT2D eigenvalue weighted by molar-refractivity contribution is 7.89.